The zero-order chi connectivity index (χ0) is 28.9. The molecule has 2 aliphatic rings. The van der Waals surface area contributed by atoms with Crippen LogP contribution in [0.4, 0.5) is 11.4 Å². The molecule has 2 amide bonds. The van der Waals surface area contributed by atoms with Crippen LogP contribution in [-0.2, 0) is 27.4 Å². The van der Waals surface area contributed by atoms with Gasteiger partial charge in [-0.25, -0.2) is 4.68 Å². The van der Waals surface area contributed by atoms with E-state index in [2.05, 4.69) is 20.5 Å². The normalized spacial score (nSPS) is 16.7. The van der Waals surface area contributed by atoms with E-state index in [9.17, 15) is 9.59 Å². The first-order valence-electron chi connectivity index (χ1n) is 14.9. The number of aryl methyl sites for hydroxylation is 1. The molecule has 1 aliphatic carbocycles. The minimum Gasteiger partial charge on any atom is -0.378 e. The summed E-state index contributed by atoms with van der Waals surface area (Å²) in [5.74, 6) is -0.277. The highest BCUT2D eigenvalue weighted by Gasteiger charge is 2.47. The maximum Gasteiger partial charge on any atom is 0.250 e. The predicted octanol–water partition coefficient (Wildman–Crippen LogP) is 4.95. The van der Waals surface area contributed by atoms with Gasteiger partial charge in [-0.3, -0.25) is 9.59 Å². The second-order valence-electron chi connectivity index (χ2n) is 11.3. The molecule has 1 aliphatic heterocycles. The summed E-state index contributed by atoms with van der Waals surface area (Å²) in [6.45, 7) is 5.55. The summed E-state index contributed by atoms with van der Waals surface area (Å²) in [5, 5.41) is 11.7. The zero-order valence-electron chi connectivity index (χ0n) is 24.2. The molecule has 42 heavy (non-hydrogen) atoms. The molecule has 3 aromatic carbocycles. The fourth-order valence-electron chi connectivity index (χ4n) is 6.26. The third kappa shape index (κ3) is 5.74. The van der Waals surface area contributed by atoms with Gasteiger partial charge in [-0.15, -0.1) is 5.10 Å². The molecule has 0 radical (unpaired) electrons. The minimum atomic E-state index is -0.975. The molecule has 1 saturated heterocycles. The Morgan fingerprint density at radius 1 is 0.929 bits per heavy atom. The summed E-state index contributed by atoms with van der Waals surface area (Å²) >= 11 is 0. The Bertz CT molecular complexity index is 1540. The molecule has 0 atom stereocenters. The number of amides is 2. The highest BCUT2D eigenvalue weighted by molar-refractivity contribution is 6.01. The van der Waals surface area contributed by atoms with Crippen molar-refractivity contribution in [2.45, 2.75) is 57.7 Å². The third-order valence-electron chi connectivity index (χ3n) is 8.72. The number of anilines is 2. The first-order chi connectivity index (χ1) is 20.5. The largest absolute Gasteiger partial charge is 0.378 e. The molecule has 1 saturated carbocycles. The first kappa shape index (κ1) is 27.9. The molecule has 2 fully saturated rings. The van der Waals surface area contributed by atoms with Crippen molar-refractivity contribution in [2.24, 2.45) is 0 Å². The van der Waals surface area contributed by atoms with Crippen molar-refractivity contribution in [1.82, 2.24) is 19.9 Å². The van der Waals surface area contributed by atoms with Crippen molar-refractivity contribution >= 4 is 34.2 Å². The Labute approximate surface area is 246 Å². The predicted molar refractivity (Wildman–Crippen MR) is 163 cm³/mol. The SMILES string of the molecule is Cc1ccccc1CN(C(=O)Cn1nnc2ccccc21)C1(C(=O)Nc2ccc(N3CCOCC3)cc2)CCCCC1. The van der Waals surface area contributed by atoms with Crippen LogP contribution < -0.4 is 10.2 Å². The number of benzene rings is 3. The summed E-state index contributed by atoms with van der Waals surface area (Å²) in [6.07, 6.45) is 4.03. The van der Waals surface area contributed by atoms with Crippen molar-refractivity contribution in [2.75, 3.05) is 36.5 Å². The Morgan fingerprint density at radius 3 is 2.40 bits per heavy atom. The average molecular weight is 567 g/mol. The lowest BCUT2D eigenvalue weighted by atomic mass is 9.78. The number of fused-ring (bicyclic) bond motifs is 1. The van der Waals surface area contributed by atoms with Crippen LogP contribution in [0.3, 0.4) is 0 Å². The van der Waals surface area contributed by atoms with Crippen molar-refractivity contribution in [1.29, 1.82) is 0 Å². The number of carbonyl (C=O) groups excluding carboxylic acids is 2. The van der Waals surface area contributed by atoms with Gasteiger partial charge in [-0.2, -0.15) is 0 Å². The van der Waals surface area contributed by atoms with Gasteiger partial charge in [0.15, 0.2) is 0 Å². The molecule has 2 heterocycles. The number of rotatable bonds is 8. The van der Waals surface area contributed by atoms with E-state index >= 15 is 0 Å². The molecule has 9 heteroatoms. The number of ether oxygens (including phenoxy) is 1. The van der Waals surface area contributed by atoms with E-state index in [4.69, 9.17) is 4.74 Å². The van der Waals surface area contributed by atoms with Crippen LogP contribution in [0.5, 0.6) is 0 Å². The fourth-order valence-corrected chi connectivity index (χ4v) is 6.26. The molecule has 0 bridgehead atoms. The number of nitrogens with one attached hydrogen (secondary N) is 1. The average Bonchev–Trinajstić information content (AvgIpc) is 3.44. The monoisotopic (exact) mass is 566 g/mol. The van der Waals surface area contributed by atoms with Crippen molar-refractivity contribution in [3.05, 3.63) is 83.9 Å². The van der Waals surface area contributed by atoms with Gasteiger partial charge in [0.1, 0.15) is 17.6 Å². The smallest absolute Gasteiger partial charge is 0.250 e. The molecule has 0 spiro atoms. The molecular weight excluding hydrogens is 528 g/mol. The Hall–Kier alpha value is -4.24. The molecule has 6 rings (SSSR count). The lowest BCUT2D eigenvalue weighted by Crippen LogP contribution is -2.60. The second-order valence-corrected chi connectivity index (χ2v) is 11.3. The van der Waals surface area contributed by atoms with Gasteiger partial charge in [-0.05, 0) is 67.3 Å². The van der Waals surface area contributed by atoms with Gasteiger partial charge in [0, 0.05) is 31.0 Å². The van der Waals surface area contributed by atoms with Crippen LogP contribution in [0.15, 0.2) is 72.8 Å². The van der Waals surface area contributed by atoms with Crippen LogP contribution in [0.25, 0.3) is 11.0 Å². The first-order valence-corrected chi connectivity index (χ1v) is 14.9. The van der Waals surface area contributed by atoms with E-state index in [0.717, 1.165) is 79.1 Å². The van der Waals surface area contributed by atoms with E-state index in [1.165, 1.54) is 0 Å². The minimum absolute atomic E-state index is 0.00959. The topological polar surface area (TPSA) is 92.6 Å². The summed E-state index contributed by atoms with van der Waals surface area (Å²) in [6, 6.07) is 23.7. The van der Waals surface area contributed by atoms with Crippen LogP contribution in [0.1, 0.15) is 43.2 Å². The molecular formula is C33H38N6O3. The zero-order valence-corrected chi connectivity index (χ0v) is 24.2. The van der Waals surface area contributed by atoms with Gasteiger partial charge in [-0.1, -0.05) is 60.9 Å². The summed E-state index contributed by atoms with van der Waals surface area (Å²) in [7, 11) is 0. The second kappa shape index (κ2) is 12.3. The third-order valence-corrected chi connectivity index (χ3v) is 8.72. The highest BCUT2D eigenvalue weighted by atomic mass is 16.5. The van der Waals surface area contributed by atoms with Crippen molar-refractivity contribution in [3.8, 4) is 0 Å². The van der Waals surface area contributed by atoms with Gasteiger partial charge < -0.3 is 19.9 Å². The van der Waals surface area contributed by atoms with E-state index in [0.29, 0.717) is 19.4 Å². The number of carbonyl (C=O) groups is 2. The van der Waals surface area contributed by atoms with E-state index < -0.39 is 5.54 Å². The number of hydrogen-bond donors (Lipinski definition) is 1. The number of morpholine rings is 1. The lowest BCUT2D eigenvalue weighted by Gasteiger charge is -2.45. The van der Waals surface area contributed by atoms with Gasteiger partial charge in [0.25, 0.3) is 0 Å². The van der Waals surface area contributed by atoms with E-state index in [-0.39, 0.29) is 18.4 Å². The number of para-hydroxylation sites is 1. The number of aromatic nitrogens is 3. The Balaban J connectivity index is 1.31. The number of nitrogens with zero attached hydrogens (tertiary/aromatic N) is 5. The maximum absolute atomic E-state index is 14.3. The molecule has 0 unspecified atom stereocenters. The van der Waals surface area contributed by atoms with Crippen LogP contribution in [0.2, 0.25) is 0 Å². The molecule has 218 valence electrons. The van der Waals surface area contributed by atoms with Gasteiger partial charge in [0.05, 0.1) is 18.7 Å². The van der Waals surface area contributed by atoms with Crippen molar-refractivity contribution < 1.29 is 14.3 Å². The van der Waals surface area contributed by atoms with Gasteiger partial charge >= 0.3 is 0 Å². The highest BCUT2D eigenvalue weighted by Crippen LogP contribution is 2.37. The van der Waals surface area contributed by atoms with Crippen LogP contribution in [0, 0.1) is 6.92 Å². The van der Waals surface area contributed by atoms with Gasteiger partial charge in [0.2, 0.25) is 11.8 Å². The standard InChI is InChI=1S/C33H38N6O3/c1-25-9-3-4-10-26(25)23-38(31(40)24-39-30-12-6-5-11-29(30)35-36-39)33(17-7-2-8-18-33)32(41)34-27-13-15-28(16-14-27)37-19-21-42-22-20-37/h3-6,9-16H,2,7-8,17-24H2,1H3,(H,34,41). The maximum atomic E-state index is 14.3. The summed E-state index contributed by atoms with van der Waals surface area (Å²) < 4.78 is 7.12. The Morgan fingerprint density at radius 2 is 1.64 bits per heavy atom. The van der Waals surface area contributed by atoms with Crippen molar-refractivity contribution in [3.63, 3.8) is 0 Å². The molecule has 9 nitrogen and oxygen atoms in total. The van der Waals surface area contributed by atoms with E-state index in [1.54, 1.807) is 4.68 Å². The summed E-state index contributed by atoms with van der Waals surface area (Å²) in [5.41, 5.74) is 4.52. The lowest BCUT2D eigenvalue weighted by molar-refractivity contribution is -0.149. The fraction of sp³-hybridized carbons (Fsp3) is 0.394. The quantitative estimate of drug-likeness (QED) is 0.325. The molecule has 4 aromatic rings. The molecule has 1 N–H and O–H groups in total. The Kier molecular flexibility index (Phi) is 8.19. The molecule has 1 aromatic heterocycles. The van der Waals surface area contributed by atoms with E-state index in [1.807, 2.05) is 84.6 Å². The number of hydrogen-bond acceptors (Lipinski definition) is 6. The van der Waals surface area contributed by atoms with Crippen LogP contribution in [-0.4, -0.2) is 63.6 Å². The summed E-state index contributed by atoms with van der Waals surface area (Å²) in [4.78, 5) is 32.7. The van der Waals surface area contributed by atoms with Crippen LogP contribution >= 0.6 is 0 Å².